The van der Waals surface area contributed by atoms with Crippen LogP contribution in [0.4, 0.5) is 16.0 Å². The van der Waals surface area contributed by atoms with Crippen molar-refractivity contribution in [3.05, 3.63) is 47.4 Å². The number of rotatable bonds is 9. The summed E-state index contributed by atoms with van der Waals surface area (Å²) in [4.78, 5) is 8.83. The van der Waals surface area contributed by atoms with Gasteiger partial charge in [0.1, 0.15) is 18.5 Å². The fraction of sp³-hybridized carbons (Fsp3) is 0.364. The first-order chi connectivity index (χ1) is 16.3. The van der Waals surface area contributed by atoms with Crippen molar-refractivity contribution in [1.82, 2.24) is 14.7 Å². The Hall–Kier alpha value is -2.73. The van der Waals surface area contributed by atoms with Crippen LogP contribution in [0, 0.1) is 5.82 Å². The molecule has 0 bridgehead atoms. The maximum Gasteiger partial charge on any atom is 0.227 e. The molecule has 3 aromatic rings. The number of benzene rings is 2. The molecule has 2 N–H and O–H groups in total. The second-order valence-corrected chi connectivity index (χ2v) is 9.99. The summed E-state index contributed by atoms with van der Waals surface area (Å²) in [7, 11) is -3.32. The molecule has 34 heavy (non-hydrogen) atoms. The van der Waals surface area contributed by atoms with Crippen LogP contribution in [0.1, 0.15) is 12.8 Å². The molecule has 0 aliphatic carbocycles. The van der Waals surface area contributed by atoms with E-state index in [9.17, 15) is 12.8 Å². The third-order valence-corrected chi connectivity index (χ3v) is 6.03. The second-order valence-electron chi connectivity index (χ2n) is 7.75. The number of hydrogen-bond acceptors (Lipinski definition) is 8. The fourth-order valence-electron chi connectivity index (χ4n) is 3.37. The van der Waals surface area contributed by atoms with Crippen molar-refractivity contribution in [1.29, 1.82) is 0 Å². The van der Waals surface area contributed by atoms with Crippen LogP contribution in [0.3, 0.4) is 0 Å². The first kappa shape index (κ1) is 24.4. The van der Waals surface area contributed by atoms with E-state index in [1.165, 1.54) is 18.2 Å². The Morgan fingerprint density at radius 3 is 2.74 bits per heavy atom. The van der Waals surface area contributed by atoms with E-state index in [1.807, 2.05) is 0 Å². The van der Waals surface area contributed by atoms with Crippen LogP contribution in [0.15, 0.2) is 36.5 Å². The van der Waals surface area contributed by atoms with Crippen LogP contribution in [0.5, 0.6) is 11.5 Å². The molecule has 0 amide bonds. The van der Waals surface area contributed by atoms with Crippen molar-refractivity contribution in [3.8, 4) is 11.5 Å². The summed E-state index contributed by atoms with van der Waals surface area (Å²) in [5, 5.41) is 3.71. The van der Waals surface area contributed by atoms with Crippen LogP contribution in [-0.2, 0) is 14.8 Å². The summed E-state index contributed by atoms with van der Waals surface area (Å²) in [6, 6.07) is 7.74. The Morgan fingerprint density at radius 1 is 1.21 bits per heavy atom. The number of nitrogens with one attached hydrogen (secondary N) is 2. The summed E-state index contributed by atoms with van der Waals surface area (Å²) >= 11 is 5.85. The van der Waals surface area contributed by atoms with E-state index < -0.39 is 15.8 Å². The van der Waals surface area contributed by atoms with Crippen molar-refractivity contribution in [2.24, 2.45) is 0 Å². The SMILES string of the molecule is CS(=O)(=O)NCCOc1cc2nc(Nc3ccc(F)c(Cl)c3)ncc2cc1OC1CCOCC1. The average Bonchev–Trinajstić information content (AvgIpc) is 2.79. The van der Waals surface area contributed by atoms with Crippen LogP contribution in [0.25, 0.3) is 10.9 Å². The Kier molecular flexibility index (Phi) is 7.67. The largest absolute Gasteiger partial charge is 0.488 e. The minimum absolute atomic E-state index is 0.0147. The molecular formula is C22H24ClFN4O5S. The predicted molar refractivity (Wildman–Crippen MR) is 127 cm³/mol. The van der Waals surface area contributed by atoms with Gasteiger partial charge in [0.05, 0.1) is 30.0 Å². The number of aromatic nitrogens is 2. The van der Waals surface area contributed by atoms with E-state index in [0.717, 1.165) is 24.5 Å². The molecule has 2 heterocycles. The third kappa shape index (κ3) is 6.66. The van der Waals surface area contributed by atoms with Gasteiger partial charge in [0.15, 0.2) is 11.5 Å². The van der Waals surface area contributed by atoms with Gasteiger partial charge in [0.2, 0.25) is 16.0 Å². The number of ether oxygens (including phenoxy) is 3. The lowest BCUT2D eigenvalue weighted by Gasteiger charge is -2.24. The van der Waals surface area contributed by atoms with Crippen molar-refractivity contribution < 1.29 is 27.0 Å². The maximum absolute atomic E-state index is 13.4. The van der Waals surface area contributed by atoms with Crippen molar-refractivity contribution in [3.63, 3.8) is 0 Å². The lowest BCUT2D eigenvalue weighted by molar-refractivity contribution is 0.0244. The Morgan fingerprint density at radius 2 is 2.00 bits per heavy atom. The molecule has 182 valence electrons. The zero-order chi connectivity index (χ0) is 24.1. The minimum Gasteiger partial charge on any atom is -0.488 e. The van der Waals surface area contributed by atoms with Crippen LogP contribution in [0.2, 0.25) is 5.02 Å². The molecule has 1 aromatic heterocycles. The van der Waals surface area contributed by atoms with E-state index in [0.29, 0.717) is 35.9 Å². The van der Waals surface area contributed by atoms with Crippen LogP contribution in [-0.4, -0.2) is 57.1 Å². The topological polar surface area (TPSA) is 112 Å². The smallest absolute Gasteiger partial charge is 0.227 e. The Labute approximate surface area is 201 Å². The molecule has 0 saturated carbocycles. The highest BCUT2D eigenvalue weighted by molar-refractivity contribution is 7.88. The van der Waals surface area contributed by atoms with Gasteiger partial charge < -0.3 is 19.5 Å². The molecular weight excluding hydrogens is 487 g/mol. The zero-order valence-electron chi connectivity index (χ0n) is 18.4. The number of sulfonamides is 1. The molecule has 1 aliphatic rings. The highest BCUT2D eigenvalue weighted by Gasteiger charge is 2.19. The second kappa shape index (κ2) is 10.7. The lowest BCUT2D eigenvalue weighted by atomic mass is 10.1. The number of fused-ring (bicyclic) bond motifs is 1. The van der Waals surface area contributed by atoms with Gasteiger partial charge in [0, 0.05) is 42.7 Å². The fourth-order valence-corrected chi connectivity index (χ4v) is 4.00. The van der Waals surface area contributed by atoms with E-state index in [4.69, 9.17) is 25.8 Å². The quantitative estimate of drug-likeness (QED) is 0.419. The van der Waals surface area contributed by atoms with E-state index in [-0.39, 0.29) is 30.2 Å². The summed E-state index contributed by atoms with van der Waals surface area (Å²) in [5.74, 6) is 0.728. The highest BCUT2D eigenvalue weighted by atomic mass is 35.5. The van der Waals surface area contributed by atoms with Crippen molar-refractivity contribution >= 4 is 44.2 Å². The van der Waals surface area contributed by atoms with Gasteiger partial charge in [-0.15, -0.1) is 0 Å². The lowest BCUT2D eigenvalue weighted by Crippen LogP contribution is -2.27. The van der Waals surface area contributed by atoms with Crippen LogP contribution < -0.4 is 19.5 Å². The van der Waals surface area contributed by atoms with Gasteiger partial charge in [-0.25, -0.2) is 27.5 Å². The monoisotopic (exact) mass is 510 g/mol. The molecule has 12 heteroatoms. The van der Waals surface area contributed by atoms with E-state index in [2.05, 4.69) is 20.0 Å². The normalized spacial score (nSPS) is 14.8. The molecule has 9 nitrogen and oxygen atoms in total. The standard InChI is InChI=1S/C22H24ClFN4O5S/c1-34(29,30)26-6-9-32-20-12-19-14(10-21(20)33-16-4-7-31-8-5-16)13-25-22(28-19)27-15-2-3-18(24)17(23)11-15/h2-3,10-13,16,26H,4-9H2,1H3,(H,25,27,28). The first-order valence-corrected chi connectivity index (χ1v) is 12.9. The van der Waals surface area contributed by atoms with Gasteiger partial charge in [0.25, 0.3) is 0 Å². The molecule has 2 aromatic carbocycles. The van der Waals surface area contributed by atoms with Crippen LogP contribution >= 0.6 is 11.6 Å². The Bertz CT molecular complexity index is 1270. The molecule has 1 fully saturated rings. The van der Waals surface area contributed by atoms with Crippen molar-refractivity contribution in [2.75, 3.05) is 37.9 Å². The number of halogens is 2. The van der Waals surface area contributed by atoms with E-state index in [1.54, 1.807) is 18.3 Å². The highest BCUT2D eigenvalue weighted by Crippen LogP contribution is 2.34. The average molecular weight is 511 g/mol. The first-order valence-electron chi connectivity index (χ1n) is 10.6. The van der Waals surface area contributed by atoms with Gasteiger partial charge in [-0.2, -0.15) is 0 Å². The van der Waals surface area contributed by atoms with Gasteiger partial charge >= 0.3 is 0 Å². The summed E-state index contributed by atoms with van der Waals surface area (Å²) < 4.78 is 55.9. The summed E-state index contributed by atoms with van der Waals surface area (Å²) in [6.45, 7) is 1.46. The number of hydrogen-bond donors (Lipinski definition) is 2. The molecule has 0 unspecified atom stereocenters. The predicted octanol–water partition coefficient (Wildman–Crippen LogP) is 3.65. The summed E-state index contributed by atoms with van der Waals surface area (Å²) in [5.41, 5.74) is 1.12. The Balaban J connectivity index is 1.58. The molecule has 4 rings (SSSR count). The van der Waals surface area contributed by atoms with E-state index >= 15 is 0 Å². The minimum atomic E-state index is -3.32. The molecule has 1 aliphatic heterocycles. The molecule has 0 spiro atoms. The van der Waals surface area contributed by atoms with Gasteiger partial charge in [-0.3, -0.25) is 0 Å². The summed E-state index contributed by atoms with van der Waals surface area (Å²) in [6.07, 6.45) is 4.22. The molecule has 0 radical (unpaired) electrons. The van der Waals surface area contributed by atoms with Gasteiger partial charge in [-0.1, -0.05) is 11.6 Å². The number of nitrogens with zero attached hydrogens (tertiary/aromatic N) is 2. The maximum atomic E-state index is 13.4. The molecule has 1 saturated heterocycles. The van der Waals surface area contributed by atoms with Gasteiger partial charge in [-0.05, 0) is 24.3 Å². The third-order valence-electron chi connectivity index (χ3n) is 5.01. The zero-order valence-corrected chi connectivity index (χ0v) is 20.0. The van der Waals surface area contributed by atoms with Crippen molar-refractivity contribution in [2.45, 2.75) is 18.9 Å². The molecule has 0 atom stereocenters. The number of anilines is 2.